The molecule has 1 fully saturated rings. The van der Waals surface area contributed by atoms with Gasteiger partial charge in [-0.1, -0.05) is 12.8 Å². The number of nitriles is 1. The first-order chi connectivity index (χ1) is 12.6. The van der Waals surface area contributed by atoms with Gasteiger partial charge in [-0.3, -0.25) is 0 Å². The molecule has 0 saturated heterocycles. The van der Waals surface area contributed by atoms with Crippen LogP contribution in [0.2, 0.25) is 0 Å². The second-order valence-electron chi connectivity index (χ2n) is 6.47. The van der Waals surface area contributed by atoms with Crippen LogP contribution in [0, 0.1) is 11.3 Å². The van der Waals surface area contributed by atoms with Gasteiger partial charge >= 0.3 is 0 Å². The molecule has 1 heterocycles. The summed E-state index contributed by atoms with van der Waals surface area (Å²) < 4.78 is 11.3. The molecule has 1 unspecified atom stereocenters. The molecule has 27 heavy (non-hydrogen) atoms. The van der Waals surface area contributed by atoms with E-state index in [0.29, 0.717) is 24.0 Å². The molecule has 2 atom stereocenters. The van der Waals surface area contributed by atoms with Gasteiger partial charge in [0, 0.05) is 17.5 Å². The largest absolute Gasteiger partial charge is 0.493 e. The number of hydrogen-bond acceptors (Lipinski definition) is 5. The van der Waals surface area contributed by atoms with Gasteiger partial charge in [0.1, 0.15) is 6.07 Å². The van der Waals surface area contributed by atoms with Gasteiger partial charge in [0.05, 0.1) is 19.4 Å². The second kappa shape index (κ2) is 9.38. The Hall–Kier alpha value is -1.85. The Morgan fingerprint density at radius 2 is 2.11 bits per heavy atom. The Morgan fingerprint density at radius 3 is 2.74 bits per heavy atom. The van der Waals surface area contributed by atoms with E-state index in [2.05, 4.69) is 35.1 Å². The number of methoxy groups -OCH3 is 1. The number of fused-ring (bicyclic) bond motifs is 3. The SMILES string of the molecule is Br.CCOc1cc2c(cc1OC)C(=C(C#N)N=C(N)S)N[C@H]1CCCCC21. The van der Waals surface area contributed by atoms with E-state index in [4.69, 9.17) is 15.2 Å². The number of amidine groups is 1. The summed E-state index contributed by atoms with van der Waals surface area (Å²) in [6.07, 6.45) is 4.54. The Kier molecular flexibility index (Phi) is 7.45. The summed E-state index contributed by atoms with van der Waals surface area (Å²) in [6.45, 7) is 2.52. The number of nitrogens with one attached hydrogen (secondary N) is 1. The van der Waals surface area contributed by atoms with Crippen molar-refractivity contribution in [3.8, 4) is 17.6 Å². The maximum Gasteiger partial charge on any atom is 0.167 e. The number of thiol groups is 1. The Morgan fingerprint density at radius 1 is 1.37 bits per heavy atom. The van der Waals surface area contributed by atoms with Crippen molar-refractivity contribution in [2.24, 2.45) is 10.7 Å². The third-order valence-corrected chi connectivity index (χ3v) is 5.07. The van der Waals surface area contributed by atoms with Gasteiger partial charge in [-0.2, -0.15) is 5.26 Å². The van der Waals surface area contributed by atoms with E-state index >= 15 is 0 Å². The number of nitrogens with zero attached hydrogens (tertiary/aromatic N) is 2. The normalized spacial score (nSPS) is 23.0. The van der Waals surface area contributed by atoms with Crippen molar-refractivity contribution in [3.05, 3.63) is 29.0 Å². The average Bonchev–Trinajstić information content (AvgIpc) is 2.65. The van der Waals surface area contributed by atoms with E-state index in [-0.39, 0.29) is 33.9 Å². The first kappa shape index (κ1) is 21.5. The van der Waals surface area contributed by atoms with Gasteiger partial charge < -0.3 is 20.5 Å². The summed E-state index contributed by atoms with van der Waals surface area (Å²) in [5, 5.41) is 13.2. The molecule has 1 saturated carbocycles. The summed E-state index contributed by atoms with van der Waals surface area (Å²) in [5.74, 6) is 1.75. The highest BCUT2D eigenvalue weighted by atomic mass is 79.9. The quantitative estimate of drug-likeness (QED) is 0.280. The zero-order valence-corrected chi connectivity index (χ0v) is 18.1. The van der Waals surface area contributed by atoms with Gasteiger partial charge in [-0.15, -0.1) is 29.6 Å². The van der Waals surface area contributed by atoms with Gasteiger partial charge in [-0.25, -0.2) is 4.99 Å². The third-order valence-electron chi connectivity index (χ3n) is 4.97. The maximum atomic E-state index is 9.61. The van der Waals surface area contributed by atoms with Gasteiger partial charge in [0.2, 0.25) is 0 Å². The van der Waals surface area contributed by atoms with Gasteiger partial charge in [0.25, 0.3) is 0 Å². The van der Waals surface area contributed by atoms with Gasteiger partial charge in [-0.05, 0) is 37.5 Å². The number of ether oxygens (including phenoxy) is 2. The lowest BCUT2D eigenvalue weighted by molar-refractivity contribution is 0.306. The van der Waals surface area contributed by atoms with Crippen molar-refractivity contribution in [3.63, 3.8) is 0 Å². The summed E-state index contributed by atoms with van der Waals surface area (Å²) in [4.78, 5) is 4.11. The molecule has 146 valence electrons. The number of aliphatic imine (C=N–C) groups is 1. The molecule has 6 nitrogen and oxygen atoms in total. The van der Waals surface area contributed by atoms with Crippen molar-refractivity contribution < 1.29 is 9.47 Å². The molecule has 8 heteroatoms. The number of halogens is 1. The summed E-state index contributed by atoms with van der Waals surface area (Å²) in [7, 11) is 1.61. The van der Waals surface area contributed by atoms with E-state index in [9.17, 15) is 5.26 Å². The van der Waals surface area contributed by atoms with Crippen LogP contribution in [0.4, 0.5) is 0 Å². The Balaban J connectivity index is 0.00000261. The van der Waals surface area contributed by atoms with Crippen molar-refractivity contribution in [2.45, 2.75) is 44.6 Å². The van der Waals surface area contributed by atoms with Crippen LogP contribution < -0.4 is 20.5 Å². The lowest BCUT2D eigenvalue weighted by atomic mass is 9.75. The molecule has 0 spiro atoms. The molecule has 0 amide bonds. The highest BCUT2D eigenvalue weighted by Gasteiger charge is 2.36. The molecule has 0 bridgehead atoms. The van der Waals surface area contributed by atoms with Crippen molar-refractivity contribution in [1.82, 2.24) is 5.32 Å². The minimum atomic E-state index is 0. The fourth-order valence-corrected chi connectivity index (χ4v) is 4.01. The monoisotopic (exact) mass is 452 g/mol. The molecule has 0 radical (unpaired) electrons. The first-order valence-corrected chi connectivity index (χ1v) is 9.32. The molecule has 1 aliphatic heterocycles. The van der Waals surface area contributed by atoms with E-state index < -0.39 is 0 Å². The first-order valence-electron chi connectivity index (χ1n) is 8.88. The Labute approximate surface area is 176 Å². The number of nitrogens with two attached hydrogens (primary N) is 1. The highest BCUT2D eigenvalue weighted by molar-refractivity contribution is 8.93. The van der Waals surface area contributed by atoms with E-state index in [1.165, 1.54) is 18.4 Å². The molecular weight excluding hydrogens is 428 g/mol. The fourth-order valence-electron chi connectivity index (χ4n) is 3.91. The lowest BCUT2D eigenvalue weighted by Crippen LogP contribution is -2.41. The molecule has 1 aromatic rings. The smallest absolute Gasteiger partial charge is 0.167 e. The predicted molar refractivity (Wildman–Crippen MR) is 116 cm³/mol. The molecule has 3 N–H and O–H groups in total. The van der Waals surface area contributed by atoms with Crippen LogP contribution in [0.3, 0.4) is 0 Å². The van der Waals surface area contributed by atoms with Crippen LogP contribution >= 0.6 is 29.6 Å². The zero-order valence-electron chi connectivity index (χ0n) is 15.5. The molecule has 0 aromatic heterocycles. The van der Waals surface area contributed by atoms with E-state index in [1.54, 1.807) is 7.11 Å². The zero-order chi connectivity index (χ0) is 18.7. The van der Waals surface area contributed by atoms with E-state index in [1.807, 2.05) is 13.0 Å². The summed E-state index contributed by atoms with van der Waals surface area (Å²) in [6, 6.07) is 6.40. The van der Waals surface area contributed by atoms with Crippen LogP contribution in [0.1, 0.15) is 49.7 Å². The van der Waals surface area contributed by atoms with Crippen LogP contribution in [0.25, 0.3) is 5.70 Å². The maximum absolute atomic E-state index is 9.61. The average molecular weight is 453 g/mol. The Bertz CT molecular complexity index is 800. The second-order valence-corrected chi connectivity index (χ2v) is 6.93. The minimum Gasteiger partial charge on any atom is -0.493 e. The highest BCUT2D eigenvalue weighted by Crippen LogP contribution is 2.45. The van der Waals surface area contributed by atoms with Crippen molar-refractivity contribution in [1.29, 1.82) is 5.26 Å². The van der Waals surface area contributed by atoms with Crippen LogP contribution in [0.5, 0.6) is 11.5 Å². The fraction of sp³-hybridized carbons (Fsp3) is 0.474. The summed E-state index contributed by atoms with van der Waals surface area (Å²) in [5.41, 5.74) is 8.61. The third kappa shape index (κ3) is 4.36. The van der Waals surface area contributed by atoms with Crippen LogP contribution in [-0.4, -0.2) is 24.9 Å². The van der Waals surface area contributed by atoms with Crippen molar-refractivity contribution >= 4 is 40.5 Å². The van der Waals surface area contributed by atoms with Crippen molar-refractivity contribution in [2.75, 3.05) is 13.7 Å². The minimum absolute atomic E-state index is 0. The van der Waals surface area contributed by atoms with Crippen LogP contribution in [0.15, 0.2) is 22.8 Å². The predicted octanol–water partition coefficient (Wildman–Crippen LogP) is 3.74. The van der Waals surface area contributed by atoms with E-state index in [0.717, 1.165) is 24.2 Å². The number of benzene rings is 1. The molecule has 1 aromatic carbocycles. The number of rotatable bonds is 4. The lowest BCUT2D eigenvalue weighted by Gasteiger charge is -2.40. The number of allylic oxidation sites excluding steroid dienone is 1. The molecule has 2 aliphatic rings. The topological polar surface area (TPSA) is 92.7 Å². The standard InChI is InChI=1S/C19H24N4O2S.BrH/c1-3-25-17-8-12-11-6-4-5-7-14(11)22-18(13(12)9-16(17)24-2)15(10-20)23-19(21)26;/h8-9,11,14,22H,3-7H2,1-2H3,(H3,21,23,26);1H/t11?,14-;/m0./s1. The number of hydrogen-bond donors (Lipinski definition) is 3. The molecule has 1 aliphatic carbocycles. The van der Waals surface area contributed by atoms with Gasteiger partial charge in [0.15, 0.2) is 22.4 Å². The summed E-state index contributed by atoms with van der Waals surface area (Å²) >= 11 is 4.03. The molecular formula is C19H25BrN4O2S. The van der Waals surface area contributed by atoms with Crippen LogP contribution in [-0.2, 0) is 0 Å². The molecule has 3 rings (SSSR count).